The van der Waals surface area contributed by atoms with Gasteiger partial charge in [0.25, 0.3) is 5.91 Å². The molecule has 176 valence electrons. The molecule has 33 heavy (non-hydrogen) atoms. The number of esters is 1. The molecule has 0 saturated carbocycles. The Morgan fingerprint density at radius 1 is 1.06 bits per heavy atom. The van der Waals surface area contributed by atoms with Crippen molar-refractivity contribution in [2.45, 2.75) is 33.2 Å². The first-order valence-electron chi connectivity index (χ1n) is 10.8. The van der Waals surface area contributed by atoms with Gasteiger partial charge in [-0.05, 0) is 55.2 Å². The number of carbonyl (C=O) groups excluding carboxylic acids is 3. The van der Waals surface area contributed by atoms with E-state index in [2.05, 4.69) is 5.32 Å². The van der Waals surface area contributed by atoms with Crippen LogP contribution in [0.5, 0.6) is 0 Å². The van der Waals surface area contributed by atoms with E-state index in [1.165, 1.54) is 10.4 Å². The van der Waals surface area contributed by atoms with Crippen LogP contribution in [0.1, 0.15) is 47.1 Å². The number of nitrogens with zero attached hydrogens (tertiary/aromatic N) is 1. The van der Waals surface area contributed by atoms with Crippen LogP contribution in [-0.2, 0) is 26.0 Å². The fourth-order valence-electron chi connectivity index (χ4n) is 3.61. The second kappa shape index (κ2) is 10.2. The maximum absolute atomic E-state index is 12.6. The summed E-state index contributed by atoms with van der Waals surface area (Å²) < 4.78 is 31.0. The van der Waals surface area contributed by atoms with Crippen LogP contribution in [0.15, 0.2) is 48.5 Å². The third-order valence-electron chi connectivity index (χ3n) is 5.54. The standard InChI is InChI=1S/C24H28N2O6S/c1-4-33(30,31)26-13-12-18-14-19(10-11-20(18)26)21(27)15-32-24(29)22(16(2)3)25-23(28)17-8-6-5-7-9-17/h5-11,14,16,22H,4,12-13,15H2,1-3H3,(H,25,28). The van der Waals surface area contributed by atoms with Crippen molar-refractivity contribution in [2.75, 3.05) is 23.2 Å². The lowest BCUT2D eigenvalue weighted by Crippen LogP contribution is -2.45. The summed E-state index contributed by atoms with van der Waals surface area (Å²) in [6.45, 7) is 5.01. The molecule has 0 aliphatic carbocycles. The average Bonchev–Trinajstić information content (AvgIpc) is 3.25. The van der Waals surface area contributed by atoms with E-state index < -0.39 is 40.3 Å². The zero-order valence-electron chi connectivity index (χ0n) is 18.9. The minimum Gasteiger partial charge on any atom is -0.456 e. The molecule has 1 atom stereocenters. The molecule has 1 heterocycles. The van der Waals surface area contributed by atoms with Gasteiger partial charge in [-0.3, -0.25) is 13.9 Å². The molecular formula is C24H28N2O6S. The van der Waals surface area contributed by atoms with Crippen LogP contribution in [0.3, 0.4) is 0 Å². The quantitative estimate of drug-likeness (QED) is 0.444. The molecule has 3 rings (SSSR count). The molecule has 0 saturated heterocycles. The molecular weight excluding hydrogens is 444 g/mol. The average molecular weight is 473 g/mol. The van der Waals surface area contributed by atoms with E-state index >= 15 is 0 Å². The van der Waals surface area contributed by atoms with Crippen molar-refractivity contribution < 1.29 is 27.5 Å². The summed E-state index contributed by atoms with van der Waals surface area (Å²) in [5.41, 5.74) is 2.10. The summed E-state index contributed by atoms with van der Waals surface area (Å²) in [5, 5.41) is 2.67. The molecule has 0 spiro atoms. The molecule has 8 nitrogen and oxygen atoms in total. The van der Waals surface area contributed by atoms with Gasteiger partial charge in [-0.2, -0.15) is 0 Å². The largest absolute Gasteiger partial charge is 0.456 e. The lowest BCUT2D eigenvalue weighted by Gasteiger charge is -2.21. The highest BCUT2D eigenvalue weighted by molar-refractivity contribution is 7.92. The first kappa shape index (κ1) is 24.4. The molecule has 2 aromatic carbocycles. The topological polar surface area (TPSA) is 110 Å². The number of rotatable bonds is 9. The molecule has 0 radical (unpaired) electrons. The number of hydrogen-bond acceptors (Lipinski definition) is 6. The predicted molar refractivity (Wildman–Crippen MR) is 125 cm³/mol. The van der Waals surface area contributed by atoms with Crippen molar-refractivity contribution in [3.8, 4) is 0 Å². The highest BCUT2D eigenvalue weighted by atomic mass is 32.2. The van der Waals surface area contributed by atoms with Gasteiger partial charge >= 0.3 is 5.97 Å². The fourth-order valence-corrected chi connectivity index (χ4v) is 4.77. The number of ketones is 1. The minimum atomic E-state index is -3.37. The van der Waals surface area contributed by atoms with Gasteiger partial charge in [0.05, 0.1) is 11.4 Å². The molecule has 1 N–H and O–H groups in total. The molecule has 0 fully saturated rings. The van der Waals surface area contributed by atoms with Crippen LogP contribution in [-0.4, -0.2) is 51.0 Å². The van der Waals surface area contributed by atoms with E-state index in [0.717, 1.165) is 5.56 Å². The summed E-state index contributed by atoms with van der Waals surface area (Å²) >= 11 is 0. The third-order valence-corrected chi connectivity index (χ3v) is 7.32. The van der Waals surface area contributed by atoms with E-state index in [4.69, 9.17) is 4.74 Å². The highest BCUT2D eigenvalue weighted by Gasteiger charge is 2.29. The number of Topliss-reactive ketones (excluding diaryl/α,β-unsaturated/α-hetero) is 1. The zero-order valence-corrected chi connectivity index (χ0v) is 19.7. The molecule has 0 bridgehead atoms. The molecule has 1 aliphatic heterocycles. The van der Waals surface area contributed by atoms with Crippen LogP contribution >= 0.6 is 0 Å². The Morgan fingerprint density at radius 3 is 2.39 bits per heavy atom. The van der Waals surface area contributed by atoms with Crippen molar-refractivity contribution >= 4 is 33.4 Å². The lowest BCUT2D eigenvalue weighted by atomic mass is 10.0. The second-order valence-corrected chi connectivity index (χ2v) is 10.3. The first-order valence-corrected chi connectivity index (χ1v) is 12.4. The fraction of sp³-hybridized carbons (Fsp3) is 0.375. The number of nitrogens with one attached hydrogen (secondary N) is 1. The van der Waals surface area contributed by atoms with Gasteiger partial charge in [0.15, 0.2) is 12.4 Å². The number of hydrogen-bond donors (Lipinski definition) is 1. The Bertz CT molecular complexity index is 1140. The SMILES string of the molecule is CCS(=O)(=O)N1CCc2cc(C(=O)COC(=O)C(NC(=O)c3ccccc3)C(C)C)ccc21. The summed E-state index contributed by atoms with van der Waals surface area (Å²) in [6.07, 6.45) is 0.510. The van der Waals surface area contributed by atoms with Gasteiger partial charge in [0.2, 0.25) is 10.0 Å². The number of ether oxygens (including phenoxy) is 1. The van der Waals surface area contributed by atoms with Gasteiger partial charge in [0.1, 0.15) is 6.04 Å². The van der Waals surface area contributed by atoms with E-state index in [0.29, 0.717) is 29.8 Å². The Labute approximate surface area is 194 Å². The molecule has 2 aromatic rings. The smallest absolute Gasteiger partial charge is 0.329 e. The van der Waals surface area contributed by atoms with Crippen molar-refractivity contribution in [3.05, 3.63) is 65.2 Å². The van der Waals surface area contributed by atoms with Crippen LogP contribution in [0, 0.1) is 5.92 Å². The molecule has 1 aliphatic rings. The van der Waals surface area contributed by atoms with E-state index in [1.807, 2.05) is 0 Å². The molecule has 9 heteroatoms. The predicted octanol–water partition coefficient (Wildman–Crippen LogP) is 2.58. The minimum absolute atomic E-state index is 0.000895. The van der Waals surface area contributed by atoms with Gasteiger partial charge in [0, 0.05) is 17.7 Å². The molecule has 0 aromatic heterocycles. The maximum Gasteiger partial charge on any atom is 0.329 e. The van der Waals surface area contributed by atoms with Crippen molar-refractivity contribution in [2.24, 2.45) is 5.92 Å². The number of carbonyl (C=O) groups is 3. The number of fused-ring (bicyclic) bond motifs is 1. The van der Waals surface area contributed by atoms with E-state index in [1.54, 1.807) is 63.2 Å². The third kappa shape index (κ3) is 5.60. The Hall–Kier alpha value is -3.20. The Morgan fingerprint density at radius 2 is 1.76 bits per heavy atom. The number of amides is 1. The number of sulfonamides is 1. The van der Waals surface area contributed by atoms with Crippen molar-refractivity contribution in [1.29, 1.82) is 0 Å². The van der Waals surface area contributed by atoms with Gasteiger partial charge in [-0.1, -0.05) is 32.0 Å². The maximum atomic E-state index is 12.6. The number of benzene rings is 2. The molecule has 1 amide bonds. The van der Waals surface area contributed by atoms with Gasteiger partial charge in [-0.15, -0.1) is 0 Å². The normalized spacial score (nSPS) is 14.0. The zero-order chi connectivity index (χ0) is 24.2. The monoisotopic (exact) mass is 472 g/mol. The van der Waals surface area contributed by atoms with Crippen LogP contribution < -0.4 is 9.62 Å². The van der Waals surface area contributed by atoms with Gasteiger partial charge < -0.3 is 10.1 Å². The summed E-state index contributed by atoms with van der Waals surface area (Å²) in [6, 6.07) is 12.4. The molecule has 1 unspecified atom stereocenters. The van der Waals surface area contributed by atoms with Gasteiger partial charge in [-0.25, -0.2) is 13.2 Å². The first-order chi connectivity index (χ1) is 15.6. The Kier molecular flexibility index (Phi) is 7.53. The van der Waals surface area contributed by atoms with Crippen LogP contribution in [0.25, 0.3) is 0 Å². The summed E-state index contributed by atoms with van der Waals surface area (Å²) in [5.74, 6) is -1.74. The van der Waals surface area contributed by atoms with Crippen LogP contribution in [0.2, 0.25) is 0 Å². The lowest BCUT2D eigenvalue weighted by molar-refractivity contribution is -0.145. The van der Waals surface area contributed by atoms with Crippen molar-refractivity contribution in [3.63, 3.8) is 0 Å². The number of anilines is 1. The van der Waals surface area contributed by atoms with Crippen LogP contribution in [0.4, 0.5) is 5.69 Å². The Balaban J connectivity index is 1.63. The summed E-state index contributed by atoms with van der Waals surface area (Å²) in [4.78, 5) is 37.6. The van der Waals surface area contributed by atoms with E-state index in [9.17, 15) is 22.8 Å². The highest BCUT2D eigenvalue weighted by Crippen LogP contribution is 2.31. The second-order valence-electron chi connectivity index (χ2n) is 8.16. The van der Waals surface area contributed by atoms with Crippen molar-refractivity contribution in [1.82, 2.24) is 5.32 Å². The summed E-state index contributed by atoms with van der Waals surface area (Å²) in [7, 11) is -3.37. The van der Waals surface area contributed by atoms with E-state index in [-0.39, 0.29) is 11.7 Å².